The second-order valence-corrected chi connectivity index (χ2v) is 6.21. The first-order valence-electron chi connectivity index (χ1n) is 8.19. The normalized spacial score (nSPS) is 20.5. The van der Waals surface area contributed by atoms with E-state index in [1.54, 1.807) is 50.9 Å². The maximum Gasteiger partial charge on any atom is 0.183 e. The van der Waals surface area contributed by atoms with Gasteiger partial charge in [-0.3, -0.25) is 4.98 Å². The van der Waals surface area contributed by atoms with Gasteiger partial charge < -0.3 is 24.6 Å². The molecule has 2 atom stereocenters. The third-order valence-electron chi connectivity index (χ3n) is 4.40. The summed E-state index contributed by atoms with van der Waals surface area (Å²) >= 11 is 0. The molecule has 136 valence electrons. The minimum atomic E-state index is -1.08. The van der Waals surface area contributed by atoms with Crippen molar-refractivity contribution in [1.82, 2.24) is 4.98 Å². The van der Waals surface area contributed by atoms with Crippen LogP contribution in [0.4, 0.5) is 5.69 Å². The molecule has 7 nitrogen and oxygen atoms in total. The number of hydrogen-bond donors (Lipinski definition) is 2. The second kappa shape index (κ2) is 7.70. The number of nitriles is 1. The zero-order chi connectivity index (χ0) is 18.6. The van der Waals surface area contributed by atoms with E-state index in [9.17, 15) is 10.4 Å². The first-order valence-corrected chi connectivity index (χ1v) is 8.19. The molecular weight excluding hydrogens is 334 g/mol. The minimum Gasteiger partial charge on any atom is -0.479 e. The van der Waals surface area contributed by atoms with Gasteiger partial charge in [0.05, 0.1) is 36.6 Å². The molecule has 0 saturated heterocycles. The van der Waals surface area contributed by atoms with Gasteiger partial charge in [-0.2, -0.15) is 5.26 Å². The van der Waals surface area contributed by atoms with Gasteiger partial charge in [0, 0.05) is 32.2 Å². The molecule has 0 fully saturated rings. The van der Waals surface area contributed by atoms with E-state index in [1.807, 2.05) is 6.07 Å². The Morgan fingerprint density at radius 2 is 2.08 bits per heavy atom. The lowest BCUT2D eigenvalue weighted by atomic mass is 9.84. The average Bonchev–Trinajstić information content (AvgIpc) is 2.66. The molecule has 1 aliphatic rings. The lowest BCUT2D eigenvalue weighted by Gasteiger charge is -2.45. The number of ether oxygens (including phenoxy) is 3. The van der Waals surface area contributed by atoms with E-state index in [1.165, 1.54) is 0 Å². The van der Waals surface area contributed by atoms with Crippen molar-refractivity contribution in [2.75, 3.05) is 32.8 Å². The topological polar surface area (TPSA) is 96.6 Å². The molecule has 2 aromatic rings. The van der Waals surface area contributed by atoms with E-state index in [2.05, 4.69) is 16.4 Å². The van der Waals surface area contributed by atoms with Crippen LogP contribution < -0.4 is 10.1 Å². The van der Waals surface area contributed by atoms with Gasteiger partial charge in [-0.15, -0.1) is 0 Å². The highest BCUT2D eigenvalue weighted by Crippen LogP contribution is 2.42. The van der Waals surface area contributed by atoms with Crippen molar-refractivity contribution >= 4 is 5.69 Å². The van der Waals surface area contributed by atoms with Crippen molar-refractivity contribution in [3.8, 4) is 11.8 Å². The van der Waals surface area contributed by atoms with E-state index in [0.717, 1.165) is 5.69 Å². The van der Waals surface area contributed by atoms with E-state index >= 15 is 0 Å². The number of aliphatic hydroxyl groups is 1. The number of pyridine rings is 1. The maximum absolute atomic E-state index is 11.2. The Bertz CT molecular complexity index is 785. The molecule has 0 radical (unpaired) electrons. The summed E-state index contributed by atoms with van der Waals surface area (Å²) in [5.74, 6) is 0.574. The van der Waals surface area contributed by atoms with E-state index in [-0.39, 0.29) is 13.2 Å². The van der Waals surface area contributed by atoms with Crippen LogP contribution in [-0.2, 0) is 9.47 Å². The fraction of sp³-hybridized carbons (Fsp3) is 0.368. The van der Waals surface area contributed by atoms with E-state index in [0.29, 0.717) is 16.9 Å². The average molecular weight is 355 g/mol. The van der Waals surface area contributed by atoms with E-state index in [4.69, 9.17) is 14.2 Å². The van der Waals surface area contributed by atoms with Crippen LogP contribution in [0.3, 0.4) is 0 Å². The number of aromatic nitrogens is 1. The molecule has 26 heavy (non-hydrogen) atoms. The number of rotatable bonds is 6. The number of benzene rings is 1. The van der Waals surface area contributed by atoms with E-state index < -0.39 is 17.7 Å². The van der Waals surface area contributed by atoms with Crippen LogP contribution in [0.2, 0.25) is 0 Å². The van der Waals surface area contributed by atoms with Crippen molar-refractivity contribution in [2.45, 2.75) is 17.7 Å². The highest BCUT2D eigenvalue weighted by molar-refractivity contribution is 5.52. The SMILES string of the molecule is COCC1(COC)Oc2ccc(C#N)cc2[C@@H](Nc2cccnc2)[C@@H]1O. The number of methoxy groups -OCH3 is 2. The fourth-order valence-electron chi connectivity index (χ4n) is 3.25. The van der Waals surface area contributed by atoms with Gasteiger partial charge in [0.15, 0.2) is 5.60 Å². The first kappa shape index (κ1) is 18.1. The summed E-state index contributed by atoms with van der Waals surface area (Å²) in [6.07, 6.45) is 2.36. The van der Waals surface area contributed by atoms with Gasteiger partial charge in [-0.25, -0.2) is 0 Å². The molecule has 1 aromatic heterocycles. The zero-order valence-electron chi connectivity index (χ0n) is 14.7. The summed E-state index contributed by atoms with van der Waals surface area (Å²) in [5.41, 5.74) is 0.854. The van der Waals surface area contributed by atoms with Crippen LogP contribution in [0.1, 0.15) is 17.2 Å². The number of hydrogen-bond acceptors (Lipinski definition) is 7. The van der Waals surface area contributed by atoms with Crippen LogP contribution in [-0.4, -0.2) is 49.2 Å². The van der Waals surface area contributed by atoms with Crippen molar-refractivity contribution in [3.63, 3.8) is 0 Å². The summed E-state index contributed by atoms with van der Waals surface area (Å²) in [7, 11) is 3.09. The Labute approximate surface area is 152 Å². The molecule has 0 saturated carbocycles. The molecular formula is C19H21N3O4. The molecule has 3 rings (SSSR count). The Morgan fingerprint density at radius 1 is 1.31 bits per heavy atom. The highest BCUT2D eigenvalue weighted by Gasteiger charge is 2.50. The van der Waals surface area contributed by atoms with Crippen molar-refractivity contribution in [1.29, 1.82) is 5.26 Å². The summed E-state index contributed by atoms with van der Waals surface area (Å²) in [5, 5.41) is 23.7. The molecule has 2 N–H and O–H groups in total. The van der Waals surface area contributed by atoms with Crippen LogP contribution >= 0.6 is 0 Å². The summed E-state index contributed by atoms with van der Waals surface area (Å²) in [6.45, 7) is 0.291. The largest absolute Gasteiger partial charge is 0.479 e. The third-order valence-corrected chi connectivity index (χ3v) is 4.40. The molecule has 1 aliphatic heterocycles. The lowest BCUT2D eigenvalue weighted by molar-refractivity contribution is -0.142. The van der Waals surface area contributed by atoms with Crippen LogP contribution in [0, 0.1) is 11.3 Å². The molecule has 0 amide bonds. The molecule has 0 spiro atoms. The molecule has 7 heteroatoms. The molecule has 1 aromatic carbocycles. The smallest absolute Gasteiger partial charge is 0.183 e. The number of nitrogens with one attached hydrogen (secondary N) is 1. The van der Waals surface area contributed by atoms with Crippen LogP contribution in [0.5, 0.6) is 5.75 Å². The summed E-state index contributed by atoms with van der Waals surface area (Å²) in [4.78, 5) is 4.10. The molecule has 0 aliphatic carbocycles. The Balaban J connectivity index is 2.07. The highest BCUT2D eigenvalue weighted by atomic mass is 16.6. The van der Waals surface area contributed by atoms with Crippen LogP contribution in [0.25, 0.3) is 0 Å². The zero-order valence-corrected chi connectivity index (χ0v) is 14.7. The quantitative estimate of drug-likeness (QED) is 0.817. The molecule has 0 bridgehead atoms. The standard InChI is InChI=1S/C19H21N3O4/c1-24-11-19(12-25-2)18(23)17(22-14-4-3-7-21-10-14)15-8-13(9-20)5-6-16(15)26-19/h3-8,10,17-18,22-23H,11-12H2,1-2H3/t17-,18+/m1/s1. The summed E-state index contributed by atoms with van der Waals surface area (Å²) < 4.78 is 16.7. The van der Waals surface area contributed by atoms with Gasteiger partial charge in [-0.05, 0) is 30.3 Å². The number of anilines is 1. The maximum atomic E-state index is 11.2. The Morgan fingerprint density at radius 3 is 2.69 bits per heavy atom. The predicted molar refractivity (Wildman–Crippen MR) is 94.9 cm³/mol. The lowest BCUT2D eigenvalue weighted by Crippen LogP contribution is -2.60. The van der Waals surface area contributed by atoms with Gasteiger partial charge >= 0.3 is 0 Å². The Hall–Kier alpha value is -2.66. The first-order chi connectivity index (χ1) is 12.6. The van der Waals surface area contributed by atoms with Gasteiger partial charge in [-0.1, -0.05) is 0 Å². The Kier molecular flexibility index (Phi) is 5.38. The second-order valence-electron chi connectivity index (χ2n) is 6.21. The van der Waals surface area contributed by atoms with Crippen molar-refractivity contribution in [2.24, 2.45) is 0 Å². The third kappa shape index (κ3) is 3.35. The molecule has 0 unspecified atom stereocenters. The van der Waals surface area contributed by atoms with Crippen molar-refractivity contribution in [3.05, 3.63) is 53.9 Å². The monoisotopic (exact) mass is 355 g/mol. The van der Waals surface area contributed by atoms with Gasteiger partial charge in [0.2, 0.25) is 0 Å². The number of fused-ring (bicyclic) bond motifs is 1. The van der Waals surface area contributed by atoms with Crippen LogP contribution in [0.15, 0.2) is 42.7 Å². The number of nitrogens with zero attached hydrogens (tertiary/aromatic N) is 2. The molecule has 2 heterocycles. The predicted octanol–water partition coefficient (Wildman–Crippen LogP) is 1.89. The number of aliphatic hydroxyl groups excluding tert-OH is 1. The van der Waals surface area contributed by atoms with Gasteiger partial charge in [0.25, 0.3) is 0 Å². The van der Waals surface area contributed by atoms with Gasteiger partial charge in [0.1, 0.15) is 11.9 Å². The summed E-state index contributed by atoms with van der Waals surface area (Å²) in [6, 6.07) is 10.4. The minimum absolute atomic E-state index is 0.146. The van der Waals surface area contributed by atoms with Crippen molar-refractivity contribution < 1.29 is 19.3 Å². The fourth-order valence-corrected chi connectivity index (χ4v) is 3.25.